The van der Waals surface area contributed by atoms with Crippen molar-refractivity contribution in [3.63, 3.8) is 0 Å². The fraction of sp³-hybridized carbons (Fsp3) is 0.750. The summed E-state index contributed by atoms with van der Waals surface area (Å²) in [4.78, 5) is 34.5. The molecule has 1 fully saturated rings. The molecule has 0 aromatic carbocycles. The smallest absolute Gasteiger partial charge is 0.305 e. The Morgan fingerprint density at radius 3 is 2.48 bits per heavy atom. The molecular formula is C24H38N4O5. The van der Waals surface area contributed by atoms with Crippen molar-refractivity contribution in [2.45, 2.75) is 109 Å². The zero-order valence-electron chi connectivity index (χ0n) is 19.7. The van der Waals surface area contributed by atoms with Gasteiger partial charge < -0.3 is 19.6 Å². The minimum Gasteiger partial charge on any atom is -0.463 e. The van der Waals surface area contributed by atoms with Crippen molar-refractivity contribution in [2.24, 2.45) is 0 Å². The Hall–Kier alpha value is -2.26. The van der Waals surface area contributed by atoms with Crippen LogP contribution in [-0.4, -0.2) is 49.4 Å². The average molecular weight is 463 g/mol. The maximum atomic E-state index is 12.1. The van der Waals surface area contributed by atoms with Crippen LogP contribution in [0.1, 0.15) is 96.6 Å². The Morgan fingerprint density at radius 1 is 1.12 bits per heavy atom. The van der Waals surface area contributed by atoms with Gasteiger partial charge in [0.15, 0.2) is 17.4 Å². The maximum absolute atomic E-state index is 12.1. The molecule has 33 heavy (non-hydrogen) atoms. The van der Waals surface area contributed by atoms with Crippen molar-refractivity contribution in [2.75, 3.05) is 6.61 Å². The lowest BCUT2D eigenvalue weighted by Gasteiger charge is -2.16. The largest absolute Gasteiger partial charge is 0.463 e. The number of aliphatic hydroxyl groups is 1. The van der Waals surface area contributed by atoms with Crippen molar-refractivity contribution in [3.8, 4) is 0 Å². The molecule has 1 unspecified atom stereocenters. The van der Waals surface area contributed by atoms with E-state index in [9.17, 15) is 14.7 Å². The predicted octanol–water partition coefficient (Wildman–Crippen LogP) is 4.01. The second kappa shape index (κ2) is 13.4. The summed E-state index contributed by atoms with van der Waals surface area (Å²) >= 11 is 0. The molecule has 0 saturated carbocycles. The van der Waals surface area contributed by atoms with Gasteiger partial charge in [-0.2, -0.15) is 0 Å². The monoisotopic (exact) mass is 462 g/mol. The van der Waals surface area contributed by atoms with Crippen LogP contribution in [0.2, 0.25) is 0 Å². The summed E-state index contributed by atoms with van der Waals surface area (Å²) in [5, 5.41) is 10.4. The van der Waals surface area contributed by atoms with Crippen molar-refractivity contribution in [1.29, 1.82) is 0 Å². The Bertz CT molecular complexity index is 912. The quantitative estimate of drug-likeness (QED) is 0.303. The van der Waals surface area contributed by atoms with Crippen LogP contribution in [0.15, 0.2) is 17.4 Å². The van der Waals surface area contributed by atoms with Gasteiger partial charge in [0, 0.05) is 12.8 Å². The zero-order valence-corrected chi connectivity index (χ0v) is 19.7. The maximum Gasteiger partial charge on any atom is 0.305 e. The number of nitrogens with one attached hydrogen (secondary N) is 1. The Kier molecular flexibility index (Phi) is 10.3. The molecule has 1 aliphatic rings. The number of H-pyrrole nitrogens is 1. The molecular weight excluding hydrogens is 424 g/mol. The van der Waals surface area contributed by atoms with Gasteiger partial charge in [-0.25, -0.2) is 9.97 Å². The third-order valence-electron chi connectivity index (χ3n) is 6.22. The van der Waals surface area contributed by atoms with E-state index in [-0.39, 0.29) is 23.7 Å². The van der Waals surface area contributed by atoms with Crippen LogP contribution in [0.25, 0.3) is 11.2 Å². The van der Waals surface area contributed by atoms with E-state index in [1.807, 2.05) is 0 Å². The van der Waals surface area contributed by atoms with Crippen LogP contribution in [-0.2, 0) is 14.3 Å². The highest BCUT2D eigenvalue weighted by molar-refractivity contribution is 5.69. The molecule has 184 valence electrons. The molecule has 0 radical (unpaired) electrons. The zero-order chi connectivity index (χ0) is 23.5. The number of unbranched alkanes of at least 4 members (excludes halogenated alkanes) is 10. The molecule has 1 aliphatic heterocycles. The number of imidazole rings is 1. The highest BCUT2D eigenvalue weighted by Gasteiger charge is 2.37. The molecule has 2 aromatic heterocycles. The Morgan fingerprint density at radius 2 is 1.79 bits per heavy atom. The molecule has 0 aliphatic carbocycles. The van der Waals surface area contributed by atoms with Crippen LogP contribution in [0.5, 0.6) is 0 Å². The summed E-state index contributed by atoms with van der Waals surface area (Å²) in [6.07, 6.45) is 15.1. The second-order valence-corrected chi connectivity index (χ2v) is 8.98. The van der Waals surface area contributed by atoms with Gasteiger partial charge in [-0.1, -0.05) is 71.1 Å². The summed E-state index contributed by atoms with van der Waals surface area (Å²) in [5.41, 5.74) is 0.186. The van der Waals surface area contributed by atoms with Crippen molar-refractivity contribution in [1.82, 2.24) is 19.5 Å². The van der Waals surface area contributed by atoms with Gasteiger partial charge in [0.2, 0.25) is 0 Å². The lowest BCUT2D eigenvalue weighted by Crippen LogP contribution is -2.20. The van der Waals surface area contributed by atoms with Gasteiger partial charge in [0.05, 0.1) is 18.8 Å². The Balaban J connectivity index is 1.27. The number of rotatable bonds is 15. The van der Waals surface area contributed by atoms with Crippen molar-refractivity contribution >= 4 is 17.1 Å². The summed E-state index contributed by atoms with van der Waals surface area (Å²) < 4.78 is 12.8. The molecule has 2 N–H and O–H groups in total. The third-order valence-corrected chi connectivity index (χ3v) is 6.22. The first-order valence-corrected chi connectivity index (χ1v) is 12.5. The van der Waals surface area contributed by atoms with E-state index >= 15 is 0 Å². The summed E-state index contributed by atoms with van der Waals surface area (Å²) in [7, 11) is 0. The second-order valence-electron chi connectivity index (χ2n) is 8.98. The topological polar surface area (TPSA) is 119 Å². The molecule has 3 heterocycles. The SMILES string of the molecule is CCCCCCCCCCCCCC(=O)OC[C@@H]1CC(O)[C@H](n2cnc3c(=O)[nH]cnc32)O1. The van der Waals surface area contributed by atoms with Crippen LogP contribution in [0, 0.1) is 0 Å². The van der Waals surface area contributed by atoms with Gasteiger partial charge in [-0.15, -0.1) is 0 Å². The van der Waals surface area contributed by atoms with E-state index in [2.05, 4.69) is 21.9 Å². The van der Waals surface area contributed by atoms with Gasteiger partial charge in [-0.3, -0.25) is 14.2 Å². The van der Waals surface area contributed by atoms with E-state index in [1.165, 1.54) is 64.0 Å². The molecule has 1 saturated heterocycles. The number of carbonyl (C=O) groups excluding carboxylic acids is 1. The van der Waals surface area contributed by atoms with E-state index in [1.54, 1.807) is 4.57 Å². The summed E-state index contributed by atoms with van der Waals surface area (Å²) in [6.45, 7) is 2.34. The molecule has 0 bridgehead atoms. The minimum atomic E-state index is -0.807. The van der Waals surface area contributed by atoms with Crippen molar-refractivity contribution < 1.29 is 19.4 Å². The number of hydrogen-bond acceptors (Lipinski definition) is 7. The number of esters is 1. The van der Waals surface area contributed by atoms with Crippen LogP contribution in [0.4, 0.5) is 0 Å². The minimum absolute atomic E-state index is 0.102. The van der Waals surface area contributed by atoms with Gasteiger partial charge in [0.25, 0.3) is 5.56 Å². The number of nitrogens with zero attached hydrogens (tertiary/aromatic N) is 3. The summed E-state index contributed by atoms with van der Waals surface area (Å²) in [6, 6.07) is 0. The van der Waals surface area contributed by atoms with E-state index in [0.717, 1.165) is 19.3 Å². The first-order valence-electron chi connectivity index (χ1n) is 12.5. The molecule has 0 spiro atoms. The molecule has 0 amide bonds. The van der Waals surface area contributed by atoms with Crippen LogP contribution < -0.4 is 5.56 Å². The lowest BCUT2D eigenvalue weighted by atomic mass is 10.1. The highest BCUT2D eigenvalue weighted by atomic mass is 16.6. The third kappa shape index (κ3) is 7.64. The molecule has 3 atom stereocenters. The molecule has 9 heteroatoms. The predicted molar refractivity (Wildman–Crippen MR) is 125 cm³/mol. The van der Waals surface area contributed by atoms with Gasteiger partial charge >= 0.3 is 5.97 Å². The van der Waals surface area contributed by atoms with E-state index < -0.39 is 18.4 Å². The van der Waals surface area contributed by atoms with Gasteiger partial charge in [-0.05, 0) is 6.42 Å². The van der Waals surface area contributed by atoms with E-state index in [0.29, 0.717) is 18.5 Å². The first-order chi connectivity index (χ1) is 16.1. The van der Waals surface area contributed by atoms with Gasteiger partial charge in [0.1, 0.15) is 12.7 Å². The first kappa shape index (κ1) is 25.4. The number of aliphatic hydroxyl groups excluding tert-OH is 1. The number of hydrogen-bond donors (Lipinski definition) is 2. The van der Waals surface area contributed by atoms with Crippen LogP contribution >= 0.6 is 0 Å². The average Bonchev–Trinajstić information content (AvgIpc) is 3.40. The molecule has 3 rings (SSSR count). The normalized spacial score (nSPS) is 20.5. The summed E-state index contributed by atoms with van der Waals surface area (Å²) in [5.74, 6) is -0.228. The lowest BCUT2D eigenvalue weighted by molar-refractivity contribution is -0.148. The number of aromatic nitrogens is 4. The van der Waals surface area contributed by atoms with Crippen molar-refractivity contribution in [3.05, 3.63) is 23.0 Å². The molecule has 2 aromatic rings. The fourth-order valence-corrected chi connectivity index (χ4v) is 4.33. The van der Waals surface area contributed by atoms with E-state index in [4.69, 9.17) is 9.47 Å². The Labute approximate surface area is 194 Å². The highest BCUT2D eigenvalue weighted by Crippen LogP contribution is 2.30. The number of ether oxygens (including phenoxy) is 2. The standard InChI is InChI=1S/C24H38N4O5/c1-2-3-4-5-6-7-8-9-10-11-12-13-20(30)32-15-18-14-19(29)24(33-18)28-17-27-21-22(28)25-16-26-23(21)31/h16-19,24,29H,2-15H2,1H3,(H,25,26,31)/t18-,19?,24+/m0/s1. The fourth-order valence-electron chi connectivity index (χ4n) is 4.33. The number of fused-ring (bicyclic) bond motifs is 1. The molecule has 9 nitrogen and oxygen atoms in total. The number of carbonyl (C=O) groups is 1. The van der Waals surface area contributed by atoms with Crippen LogP contribution in [0.3, 0.4) is 0 Å². The number of aromatic amines is 1.